The van der Waals surface area contributed by atoms with Crippen LogP contribution in [0, 0.1) is 9.49 Å². The van der Waals surface area contributed by atoms with Gasteiger partial charge in [-0.05, 0) is 54.4 Å². The van der Waals surface area contributed by atoms with Crippen LogP contribution in [0.15, 0.2) is 12.4 Å². The van der Waals surface area contributed by atoms with Crippen molar-refractivity contribution in [2.45, 2.75) is 12.8 Å². The van der Waals surface area contributed by atoms with Crippen molar-refractivity contribution in [3.63, 3.8) is 0 Å². The summed E-state index contributed by atoms with van der Waals surface area (Å²) < 4.78 is 6.50. The standard InChI is InChI=1S/C10H14IN3O/c11-9-6-13-10(14-7-9)15-4-2-8-1-3-12-5-8/h6-8,12H,1-5H2. The normalized spacial score (nSPS) is 20.5. The van der Waals surface area contributed by atoms with Crippen LogP contribution in [0.1, 0.15) is 12.8 Å². The van der Waals surface area contributed by atoms with Gasteiger partial charge < -0.3 is 10.1 Å². The first kappa shape index (κ1) is 11.1. The van der Waals surface area contributed by atoms with Crippen LogP contribution in [0.2, 0.25) is 0 Å². The van der Waals surface area contributed by atoms with Gasteiger partial charge in [0.25, 0.3) is 0 Å². The summed E-state index contributed by atoms with van der Waals surface area (Å²) in [5.41, 5.74) is 0. The van der Waals surface area contributed by atoms with Crippen LogP contribution in [0.3, 0.4) is 0 Å². The van der Waals surface area contributed by atoms with E-state index in [1.807, 2.05) is 0 Å². The first-order valence-corrected chi connectivity index (χ1v) is 6.23. The topological polar surface area (TPSA) is 47.0 Å². The molecule has 0 spiro atoms. The van der Waals surface area contributed by atoms with Crippen molar-refractivity contribution in [1.82, 2.24) is 15.3 Å². The molecule has 2 rings (SSSR count). The highest BCUT2D eigenvalue weighted by Gasteiger charge is 2.14. The molecule has 2 heterocycles. The molecule has 1 saturated heterocycles. The zero-order valence-corrected chi connectivity index (χ0v) is 10.6. The molecule has 1 aromatic heterocycles. The van der Waals surface area contributed by atoms with Gasteiger partial charge in [-0.2, -0.15) is 0 Å². The average Bonchev–Trinajstić information content (AvgIpc) is 2.74. The third-order valence-corrected chi connectivity index (χ3v) is 3.07. The van der Waals surface area contributed by atoms with Gasteiger partial charge in [0.05, 0.1) is 6.61 Å². The van der Waals surface area contributed by atoms with Crippen LogP contribution in [0.5, 0.6) is 6.01 Å². The largest absolute Gasteiger partial charge is 0.463 e. The van der Waals surface area contributed by atoms with Crippen molar-refractivity contribution in [3.05, 3.63) is 16.0 Å². The predicted octanol–water partition coefficient (Wildman–Crippen LogP) is 1.46. The van der Waals surface area contributed by atoms with Crippen LogP contribution in [-0.2, 0) is 0 Å². The number of nitrogens with zero attached hydrogens (tertiary/aromatic N) is 2. The maximum atomic E-state index is 5.47. The Morgan fingerprint density at radius 1 is 1.47 bits per heavy atom. The van der Waals surface area contributed by atoms with Crippen molar-refractivity contribution >= 4 is 22.6 Å². The summed E-state index contributed by atoms with van der Waals surface area (Å²) in [5.74, 6) is 0.758. The number of nitrogens with one attached hydrogen (secondary N) is 1. The Bertz CT molecular complexity index is 298. The summed E-state index contributed by atoms with van der Waals surface area (Å²) in [6, 6.07) is 0.487. The van der Waals surface area contributed by atoms with E-state index in [1.165, 1.54) is 6.42 Å². The lowest BCUT2D eigenvalue weighted by atomic mass is 10.1. The van der Waals surface area contributed by atoms with E-state index in [0.717, 1.165) is 29.0 Å². The number of aromatic nitrogens is 2. The van der Waals surface area contributed by atoms with Crippen LogP contribution in [-0.4, -0.2) is 29.7 Å². The molecule has 0 radical (unpaired) electrons. The number of halogens is 1. The Morgan fingerprint density at radius 3 is 2.93 bits per heavy atom. The average molecular weight is 319 g/mol. The Labute approximate surface area is 103 Å². The van der Waals surface area contributed by atoms with Gasteiger partial charge in [-0.3, -0.25) is 0 Å². The highest BCUT2D eigenvalue weighted by atomic mass is 127. The van der Waals surface area contributed by atoms with E-state index in [0.29, 0.717) is 12.6 Å². The molecular formula is C10H14IN3O. The summed E-state index contributed by atoms with van der Waals surface area (Å²) in [6.07, 6.45) is 5.87. The molecule has 1 aromatic rings. The smallest absolute Gasteiger partial charge is 0.316 e. The maximum Gasteiger partial charge on any atom is 0.316 e. The predicted molar refractivity (Wildman–Crippen MR) is 65.8 cm³/mol. The highest BCUT2D eigenvalue weighted by Crippen LogP contribution is 2.12. The summed E-state index contributed by atoms with van der Waals surface area (Å²) in [6.45, 7) is 2.98. The van der Waals surface area contributed by atoms with Crippen molar-refractivity contribution in [2.75, 3.05) is 19.7 Å². The SMILES string of the molecule is Ic1cnc(OCCC2CCNC2)nc1. The summed E-state index contributed by atoms with van der Waals surface area (Å²) in [5, 5.41) is 3.34. The minimum absolute atomic E-state index is 0.487. The van der Waals surface area contributed by atoms with Crippen molar-refractivity contribution in [1.29, 1.82) is 0 Å². The molecule has 1 aliphatic rings. The fourth-order valence-electron chi connectivity index (χ4n) is 1.65. The number of ether oxygens (including phenoxy) is 1. The number of hydrogen-bond donors (Lipinski definition) is 1. The van der Waals surface area contributed by atoms with E-state index in [-0.39, 0.29) is 0 Å². The van der Waals surface area contributed by atoms with Crippen molar-refractivity contribution < 1.29 is 4.74 Å². The van der Waals surface area contributed by atoms with Gasteiger partial charge in [-0.1, -0.05) is 0 Å². The highest BCUT2D eigenvalue weighted by molar-refractivity contribution is 14.1. The van der Waals surface area contributed by atoms with E-state index >= 15 is 0 Å². The second-order valence-corrected chi connectivity index (χ2v) is 4.93. The second kappa shape index (κ2) is 5.60. The molecule has 5 heteroatoms. The lowest BCUT2D eigenvalue weighted by Gasteiger charge is -2.08. The lowest BCUT2D eigenvalue weighted by Crippen LogP contribution is -2.12. The molecule has 0 aliphatic carbocycles. The van der Waals surface area contributed by atoms with Gasteiger partial charge in [0.1, 0.15) is 0 Å². The van der Waals surface area contributed by atoms with Gasteiger partial charge in [-0.15, -0.1) is 0 Å². The molecule has 82 valence electrons. The fourth-order valence-corrected chi connectivity index (χ4v) is 1.93. The van der Waals surface area contributed by atoms with Crippen molar-refractivity contribution in [3.8, 4) is 6.01 Å². The fraction of sp³-hybridized carbons (Fsp3) is 0.600. The van der Waals surface area contributed by atoms with Crippen molar-refractivity contribution in [2.24, 2.45) is 5.92 Å². The Hall–Kier alpha value is -0.430. The van der Waals surface area contributed by atoms with Gasteiger partial charge >= 0.3 is 6.01 Å². The maximum absolute atomic E-state index is 5.47. The summed E-state index contributed by atoms with van der Waals surface area (Å²) in [4.78, 5) is 8.17. The Balaban J connectivity index is 1.71. The quantitative estimate of drug-likeness (QED) is 0.854. The number of rotatable bonds is 4. The van der Waals surface area contributed by atoms with E-state index in [9.17, 15) is 0 Å². The molecular weight excluding hydrogens is 305 g/mol. The first-order valence-electron chi connectivity index (χ1n) is 5.15. The van der Waals surface area contributed by atoms with Gasteiger partial charge in [0.15, 0.2) is 0 Å². The summed E-state index contributed by atoms with van der Waals surface area (Å²) in [7, 11) is 0. The van der Waals surface area contributed by atoms with Crippen LogP contribution in [0.4, 0.5) is 0 Å². The molecule has 15 heavy (non-hydrogen) atoms. The zero-order valence-electron chi connectivity index (χ0n) is 8.45. The van der Waals surface area contributed by atoms with E-state index in [2.05, 4.69) is 37.9 Å². The van der Waals surface area contributed by atoms with Gasteiger partial charge in [0, 0.05) is 16.0 Å². The molecule has 1 unspecified atom stereocenters. The van der Waals surface area contributed by atoms with E-state index < -0.39 is 0 Å². The molecule has 1 fully saturated rings. The summed E-state index contributed by atoms with van der Waals surface area (Å²) >= 11 is 2.18. The molecule has 1 N–H and O–H groups in total. The van der Waals surface area contributed by atoms with Crippen LogP contribution >= 0.6 is 22.6 Å². The molecule has 0 aromatic carbocycles. The number of hydrogen-bond acceptors (Lipinski definition) is 4. The van der Waals surface area contributed by atoms with Gasteiger partial charge in [0.2, 0.25) is 0 Å². The minimum atomic E-state index is 0.487. The first-order chi connectivity index (χ1) is 7.34. The molecule has 0 amide bonds. The lowest BCUT2D eigenvalue weighted by molar-refractivity contribution is 0.263. The molecule has 1 aliphatic heterocycles. The van der Waals surface area contributed by atoms with Crippen LogP contribution in [0.25, 0.3) is 0 Å². The molecule has 4 nitrogen and oxygen atoms in total. The second-order valence-electron chi connectivity index (χ2n) is 3.68. The monoisotopic (exact) mass is 319 g/mol. The van der Waals surface area contributed by atoms with E-state index in [1.54, 1.807) is 12.4 Å². The third-order valence-electron chi connectivity index (χ3n) is 2.52. The van der Waals surface area contributed by atoms with Gasteiger partial charge in [-0.25, -0.2) is 9.97 Å². The third kappa shape index (κ3) is 3.57. The Kier molecular flexibility index (Phi) is 4.13. The van der Waals surface area contributed by atoms with Crippen LogP contribution < -0.4 is 10.1 Å². The van der Waals surface area contributed by atoms with E-state index in [4.69, 9.17) is 4.74 Å². The minimum Gasteiger partial charge on any atom is -0.463 e. The Morgan fingerprint density at radius 2 is 2.27 bits per heavy atom. The zero-order chi connectivity index (χ0) is 10.5. The molecule has 0 bridgehead atoms. The molecule has 0 saturated carbocycles. The molecule has 1 atom stereocenters.